The van der Waals surface area contributed by atoms with Crippen molar-refractivity contribution in [3.05, 3.63) is 46.8 Å². The van der Waals surface area contributed by atoms with Gasteiger partial charge in [-0.1, -0.05) is 11.6 Å². The van der Waals surface area contributed by atoms with Gasteiger partial charge < -0.3 is 4.90 Å². The summed E-state index contributed by atoms with van der Waals surface area (Å²) in [5.74, 6) is 0.875. The summed E-state index contributed by atoms with van der Waals surface area (Å²) >= 11 is 0. The molecule has 0 unspecified atom stereocenters. The van der Waals surface area contributed by atoms with Gasteiger partial charge in [0.25, 0.3) is 5.91 Å². The normalized spacial score (nSPS) is 18.3. The Bertz CT molecular complexity index is 740. The van der Waals surface area contributed by atoms with Crippen LogP contribution in [0.3, 0.4) is 0 Å². The average Bonchev–Trinajstić information content (AvgIpc) is 2.88. The molecule has 0 N–H and O–H groups in total. The third-order valence-electron chi connectivity index (χ3n) is 4.29. The van der Waals surface area contributed by atoms with Crippen molar-refractivity contribution in [3.63, 3.8) is 0 Å². The van der Waals surface area contributed by atoms with Crippen molar-refractivity contribution in [2.24, 2.45) is 0 Å². The van der Waals surface area contributed by atoms with Crippen LogP contribution >= 0.6 is 0 Å². The Balaban J connectivity index is 1.82. The van der Waals surface area contributed by atoms with Crippen molar-refractivity contribution in [2.45, 2.75) is 39.7 Å². The summed E-state index contributed by atoms with van der Waals surface area (Å²) in [5, 5.41) is 4.43. The summed E-state index contributed by atoms with van der Waals surface area (Å²) in [6.07, 6.45) is 1.83. The summed E-state index contributed by atoms with van der Waals surface area (Å²) in [6.45, 7) is 6.82. The first-order valence-electron chi connectivity index (χ1n) is 7.91. The number of carbonyl (C=O) groups is 1. The molecule has 1 saturated heterocycles. The Hall–Kier alpha value is -2.24. The standard InChI is InChI=1S/C17H21FN4O/c1-11-6-7-16(18)15(9-11)17(23)21-8-4-5-14(10-21)22-13(3)19-12(2)20-22/h6-7,9,14H,4-5,8,10H2,1-3H3/t14-/m0/s1. The Morgan fingerprint density at radius 1 is 1.30 bits per heavy atom. The lowest BCUT2D eigenvalue weighted by atomic mass is 10.0. The van der Waals surface area contributed by atoms with E-state index in [2.05, 4.69) is 10.1 Å². The first kappa shape index (κ1) is 15.6. The van der Waals surface area contributed by atoms with E-state index in [0.29, 0.717) is 13.1 Å². The van der Waals surface area contributed by atoms with Crippen molar-refractivity contribution in [3.8, 4) is 0 Å². The second kappa shape index (κ2) is 6.10. The van der Waals surface area contributed by atoms with Crippen molar-refractivity contribution in [2.75, 3.05) is 13.1 Å². The highest BCUT2D eigenvalue weighted by atomic mass is 19.1. The number of nitrogens with zero attached hydrogens (tertiary/aromatic N) is 4. The highest BCUT2D eigenvalue weighted by molar-refractivity contribution is 5.94. The lowest BCUT2D eigenvalue weighted by Gasteiger charge is -2.33. The van der Waals surface area contributed by atoms with E-state index in [1.807, 2.05) is 25.5 Å². The van der Waals surface area contributed by atoms with Crippen LogP contribution in [0.4, 0.5) is 4.39 Å². The number of aryl methyl sites for hydroxylation is 3. The van der Waals surface area contributed by atoms with Crippen LogP contribution in [0.25, 0.3) is 0 Å². The molecule has 3 rings (SSSR count). The van der Waals surface area contributed by atoms with Crippen molar-refractivity contribution < 1.29 is 9.18 Å². The minimum atomic E-state index is -0.462. The molecule has 5 nitrogen and oxygen atoms in total. The van der Waals surface area contributed by atoms with Gasteiger partial charge in [0.15, 0.2) is 0 Å². The fraction of sp³-hybridized carbons (Fsp3) is 0.471. The average molecular weight is 316 g/mol. The van der Waals surface area contributed by atoms with Gasteiger partial charge in [0.2, 0.25) is 0 Å². The second-order valence-electron chi connectivity index (χ2n) is 6.18. The Morgan fingerprint density at radius 3 is 2.78 bits per heavy atom. The Labute approximate surface area is 135 Å². The highest BCUT2D eigenvalue weighted by Gasteiger charge is 2.28. The number of aromatic nitrogens is 3. The number of hydrogen-bond acceptors (Lipinski definition) is 3. The lowest BCUT2D eigenvalue weighted by Crippen LogP contribution is -2.41. The summed E-state index contributed by atoms with van der Waals surface area (Å²) in [6, 6.07) is 4.75. The molecule has 1 aliphatic rings. The number of carbonyl (C=O) groups excluding carboxylic acids is 1. The maximum atomic E-state index is 14.0. The molecule has 1 aromatic carbocycles. The van der Waals surface area contributed by atoms with Crippen LogP contribution in [-0.4, -0.2) is 38.7 Å². The molecule has 23 heavy (non-hydrogen) atoms. The van der Waals surface area contributed by atoms with Gasteiger partial charge in [-0.15, -0.1) is 0 Å². The van der Waals surface area contributed by atoms with Crippen molar-refractivity contribution in [1.82, 2.24) is 19.7 Å². The number of likely N-dealkylation sites (tertiary alicyclic amines) is 1. The fourth-order valence-electron chi connectivity index (χ4n) is 3.19. The first-order valence-corrected chi connectivity index (χ1v) is 7.91. The molecular weight excluding hydrogens is 295 g/mol. The van der Waals surface area contributed by atoms with Gasteiger partial charge in [-0.2, -0.15) is 5.10 Å². The third kappa shape index (κ3) is 3.11. The molecule has 0 spiro atoms. The number of piperidine rings is 1. The molecule has 1 fully saturated rings. The van der Waals surface area contributed by atoms with E-state index in [-0.39, 0.29) is 17.5 Å². The minimum absolute atomic E-state index is 0.0989. The van der Waals surface area contributed by atoms with E-state index in [1.54, 1.807) is 17.0 Å². The number of rotatable bonds is 2. The van der Waals surface area contributed by atoms with E-state index in [0.717, 1.165) is 30.1 Å². The zero-order chi connectivity index (χ0) is 16.6. The molecule has 0 aliphatic carbocycles. The molecule has 2 heterocycles. The first-order chi connectivity index (χ1) is 11.0. The smallest absolute Gasteiger partial charge is 0.256 e. The molecule has 0 bridgehead atoms. The molecule has 1 aliphatic heterocycles. The van der Waals surface area contributed by atoms with Gasteiger partial charge in [0.1, 0.15) is 17.5 Å². The fourth-order valence-corrected chi connectivity index (χ4v) is 3.19. The zero-order valence-electron chi connectivity index (χ0n) is 13.7. The lowest BCUT2D eigenvalue weighted by molar-refractivity contribution is 0.0666. The monoisotopic (exact) mass is 316 g/mol. The van der Waals surface area contributed by atoms with Crippen LogP contribution in [0.5, 0.6) is 0 Å². The molecule has 1 atom stereocenters. The number of benzene rings is 1. The van der Waals surface area contributed by atoms with Gasteiger partial charge in [-0.25, -0.2) is 14.1 Å². The summed E-state index contributed by atoms with van der Waals surface area (Å²) in [4.78, 5) is 18.7. The van der Waals surface area contributed by atoms with Crippen LogP contribution in [0.15, 0.2) is 18.2 Å². The third-order valence-corrected chi connectivity index (χ3v) is 4.29. The van der Waals surface area contributed by atoms with E-state index in [9.17, 15) is 9.18 Å². The van der Waals surface area contributed by atoms with Crippen molar-refractivity contribution >= 4 is 5.91 Å². The van der Waals surface area contributed by atoms with Gasteiger partial charge in [-0.05, 0) is 45.7 Å². The largest absolute Gasteiger partial charge is 0.336 e. The maximum Gasteiger partial charge on any atom is 0.256 e. The van der Waals surface area contributed by atoms with Crippen LogP contribution in [0, 0.1) is 26.6 Å². The van der Waals surface area contributed by atoms with E-state index >= 15 is 0 Å². The summed E-state index contributed by atoms with van der Waals surface area (Å²) in [5.41, 5.74) is 1.03. The van der Waals surface area contributed by atoms with Gasteiger partial charge in [0, 0.05) is 13.1 Å². The SMILES string of the molecule is Cc1ccc(F)c(C(=O)N2CCC[C@H](n3nc(C)nc3C)C2)c1. The van der Waals surface area contributed by atoms with Crippen molar-refractivity contribution in [1.29, 1.82) is 0 Å². The van der Waals surface area contributed by atoms with E-state index in [4.69, 9.17) is 0 Å². The molecule has 6 heteroatoms. The predicted octanol–water partition coefficient (Wildman–Crippen LogP) is 2.82. The van der Waals surface area contributed by atoms with E-state index < -0.39 is 5.82 Å². The van der Waals surface area contributed by atoms with Crippen LogP contribution < -0.4 is 0 Å². The van der Waals surface area contributed by atoms with Gasteiger partial charge >= 0.3 is 0 Å². The second-order valence-corrected chi connectivity index (χ2v) is 6.18. The van der Waals surface area contributed by atoms with Crippen LogP contribution in [0.1, 0.15) is 46.5 Å². The molecular formula is C17H21FN4O. The molecule has 0 radical (unpaired) electrons. The molecule has 1 amide bonds. The maximum absolute atomic E-state index is 14.0. The molecule has 0 saturated carbocycles. The zero-order valence-corrected chi connectivity index (χ0v) is 13.7. The minimum Gasteiger partial charge on any atom is -0.336 e. The highest BCUT2D eigenvalue weighted by Crippen LogP contribution is 2.24. The molecule has 2 aromatic rings. The molecule has 122 valence electrons. The predicted molar refractivity (Wildman–Crippen MR) is 84.8 cm³/mol. The Morgan fingerprint density at radius 2 is 2.09 bits per heavy atom. The quantitative estimate of drug-likeness (QED) is 0.856. The number of amides is 1. The summed E-state index contributed by atoms with van der Waals surface area (Å²) in [7, 11) is 0. The number of hydrogen-bond donors (Lipinski definition) is 0. The van der Waals surface area contributed by atoms with Crippen LogP contribution in [-0.2, 0) is 0 Å². The molecule has 1 aromatic heterocycles. The summed E-state index contributed by atoms with van der Waals surface area (Å²) < 4.78 is 15.9. The van der Waals surface area contributed by atoms with E-state index in [1.165, 1.54) is 6.07 Å². The topological polar surface area (TPSA) is 51.0 Å². The Kier molecular flexibility index (Phi) is 4.15. The van der Waals surface area contributed by atoms with Gasteiger partial charge in [-0.3, -0.25) is 4.79 Å². The van der Waals surface area contributed by atoms with Crippen LogP contribution in [0.2, 0.25) is 0 Å². The van der Waals surface area contributed by atoms with Gasteiger partial charge in [0.05, 0.1) is 11.6 Å². The number of halogens is 1.